The summed E-state index contributed by atoms with van der Waals surface area (Å²) in [4.78, 5) is 0. The highest BCUT2D eigenvalue weighted by Crippen LogP contribution is 2.28. The van der Waals surface area contributed by atoms with E-state index in [2.05, 4.69) is 47.9 Å². The smallest absolute Gasteiger partial charge is 0.0576 e. The van der Waals surface area contributed by atoms with Crippen molar-refractivity contribution in [2.75, 3.05) is 6.61 Å². The van der Waals surface area contributed by atoms with Crippen LogP contribution < -0.4 is 11.3 Å². The summed E-state index contributed by atoms with van der Waals surface area (Å²) in [5.74, 6) is 5.79. The summed E-state index contributed by atoms with van der Waals surface area (Å²) in [6.45, 7) is 0.916. The van der Waals surface area contributed by atoms with Gasteiger partial charge in [-0.3, -0.25) is 11.3 Å². The Morgan fingerprint density at radius 1 is 1.20 bits per heavy atom. The van der Waals surface area contributed by atoms with Gasteiger partial charge in [-0.2, -0.15) is 0 Å². The fraction of sp³-hybridized carbons (Fsp3) is 0.412. The SMILES string of the molecule is NNC(CCC1CCCO1)c1cccc2ccccc12. The van der Waals surface area contributed by atoms with Gasteiger partial charge in [0.15, 0.2) is 0 Å². The van der Waals surface area contributed by atoms with Gasteiger partial charge < -0.3 is 4.74 Å². The van der Waals surface area contributed by atoms with Gasteiger partial charge in [0, 0.05) is 12.6 Å². The van der Waals surface area contributed by atoms with Crippen LogP contribution in [0, 0.1) is 0 Å². The van der Waals surface area contributed by atoms with Crippen molar-refractivity contribution in [3.8, 4) is 0 Å². The Bertz CT molecular complexity index is 558. The molecule has 3 N–H and O–H groups in total. The van der Waals surface area contributed by atoms with Crippen LogP contribution in [-0.2, 0) is 4.74 Å². The molecule has 1 saturated heterocycles. The summed E-state index contributed by atoms with van der Waals surface area (Å²) >= 11 is 0. The predicted molar refractivity (Wildman–Crippen MR) is 82.2 cm³/mol. The first-order chi connectivity index (χ1) is 9.88. The van der Waals surface area contributed by atoms with Crippen molar-refractivity contribution in [3.05, 3.63) is 48.0 Å². The van der Waals surface area contributed by atoms with Gasteiger partial charge in [0.25, 0.3) is 0 Å². The van der Waals surface area contributed by atoms with Crippen LogP contribution in [0.2, 0.25) is 0 Å². The van der Waals surface area contributed by atoms with E-state index in [1.807, 2.05) is 0 Å². The van der Waals surface area contributed by atoms with Crippen molar-refractivity contribution in [3.63, 3.8) is 0 Å². The highest BCUT2D eigenvalue weighted by molar-refractivity contribution is 5.86. The summed E-state index contributed by atoms with van der Waals surface area (Å²) in [7, 11) is 0. The number of nitrogens with two attached hydrogens (primary N) is 1. The molecule has 106 valence electrons. The molecule has 0 saturated carbocycles. The maximum Gasteiger partial charge on any atom is 0.0576 e. The van der Waals surface area contributed by atoms with Crippen molar-refractivity contribution in [1.82, 2.24) is 5.43 Å². The van der Waals surface area contributed by atoms with Crippen molar-refractivity contribution in [2.45, 2.75) is 37.8 Å². The van der Waals surface area contributed by atoms with E-state index in [9.17, 15) is 0 Å². The second-order valence-corrected chi connectivity index (χ2v) is 5.50. The minimum atomic E-state index is 0.185. The van der Waals surface area contributed by atoms with Gasteiger partial charge in [0.1, 0.15) is 0 Å². The third-order valence-electron chi connectivity index (χ3n) is 4.20. The third-order valence-corrected chi connectivity index (χ3v) is 4.20. The first kappa shape index (κ1) is 13.6. The number of rotatable bonds is 5. The fourth-order valence-electron chi connectivity index (χ4n) is 3.11. The molecule has 0 bridgehead atoms. The zero-order valence-electron chi connectivity index (χ0n) is 11.7. The van der Waals surface area contributed by atoms with Crippen LogP contribution in [0.5, 0.6) is 0 Å². The summed E-state index contributed by atoms with van der Waals surface area (Å²) in [6, 6.07) is 15.1. The second kappa shape index (κ2) is 6.35. The van der Waals surface area contributed by atoms with Crippen molar-refractivity contribution < 1.29 is 4.74 Å². The fourth-order valence-corrected chi connectivity index (χ4v) is 3.11. The summed E-state index contributed by atoms with van der Waals surface area (Å²) < 4.78 is 5.70. The van der Waals surface area contributed by atoms with Gasteiger partial charge in [-0.15, -0.1) is 0 Å². The van der Waals surface area contributed by atoms with Crippen LogP contribution in [0.3, 0.4) is 0 Å². The van der Waals surface area contributed by atoms with E-state index in [-0.39, 0.29) is 6.04 Å². The predicted octanol–water partition coefficient (Wildman–Crippen LogP) is 3.30. The largest absolute Gasteiger partial charge is 0.378 e. The van der Waals surface area contributed by atoms with E-state index in [1.165, 1.54) is 29.2 Å². The van der Waals surface area contributed by atoms with E-state index in [1.54, 1.807) is 0 Å². The van der Waals surface area contributed by atoms with Gasteiger partial charge in [-0.25, -0.2) is 0 Å². The number of fused-ring (bicyclic) bond motifs is 1. The third kappa shape index (κ3) is 2.85. The maximum atomic E-state index is 5.79. The van der Waals surface area contributed by atoms with Gasteiger partial charge in [0.2, 0.25) is 0 Å². The Labute approximate surface area is 120 Å². The van der Waals surface area contributed by atoms with Crippen LogP contribution in [0.4, 0.5) is 0 Å². The molecule has 0 amide bonds. The van der Waals surface area contributed by atoms with Crippen LogP contribution in [0.15, 0.2) is 42.5 Å². The van der Waals surface area contributed by atoms with Crippen LogP contribution in [0.25, 0.3) is 10.8 Å². The number of hydrazine groups is 1. The molecule has 1 aliphatic heterocycles. The summed E-state index contributed by atoms with van der Waals surface area (Å²) in [6.07, 6.45) is 4.88. The zero-order valence-corrected chi connectivity index (χ0v) is 11.7. The average Bonchev–Trinajstić information content (AvgIpc) is 3.01. The van der Waals surface area contributed by atoms with Crippen LogP contribution in [0.1, 0.15) is 37.3 Å². The van der Waals surface area contributed by atoms with Crippen LogP contribution in [-0.4, -0.2) is 12.7 Å². The summed E-state index contributed by atoms with van der Waals surface area (Å²) in [5.41, 5.74) is 4.26. The number of ether oxygens (including phenoxy) is 1. The lowest BCUT2D eigenvalue weighted by Gasteiger charge is -2.20. The lowest BCUT2D eigenvalue weighted by molar-refractivity contribution is 0.0996. The van der Waals surface area contributed by atoms with Gasteiger partial charge in [-0.1, -0.05) is 42.5 Å². The Morgan fingerprint density at radius 2 is 2.05 bits per heavy atom. The Morgan fingerprint density at radius 3 is 2.85 bits per heavy atom. The Balaban J connectivity index is 1.79. The molecule has 1 heterocycles. The van der Waals surface area contributed by atoms with E-state index >= 15 is 0 Å². The van der Waals surface area contributed by atoms with E-state index in [0.29, 0.717) is 6.10 Å². The topological polar surface area (TPSA) is 47.3 Å². The number of hydrogen-bond donors (Lipinski definition) is 2. The van der Waals surface area contributed by atoms with Gasteiger partial charge in [0.05, 0.1) is 6.10 Å². The molecule has 20 heavy (non-hydrogen) atoms. The summed E-state index contributed by atoms with van der Waals surface area (Å²) in [5, 5.41) is 2.55. The maximum absolute atomic E-state index is 5.79. The minimum absolute atomic E-state index is 0.185. The highest BCUT2D eigenvalue weighted by atomic mass is 16.5. The zero-order chi connectivity index (χ0) is 13.8. The van der Waals surface area contributed by atoms with E-state index in [4.69, 9.17) is 10.6 Å². The minimum Gasteiger partial charge on any atom is -0.378 e. The first-order valence-corrected chi connectivity index (χ1v) is 7.44. The van der Waals surface area contributed by atoms with Crippen molar-refractivity contribution in [1.29, 1.82) is 0 Å². The van der Waals surface area contributed by atoms with Gasteiger partial charge in [-0.05, 0) is 42.0 Å². The second-order valence-electron chi connectivity index (χ2n) is 5.50. The van der Waals surface area contributed by atoms with E-state index < -0.39 is 0 Å². The molecule has 3 nitrogen and oxygen atoms in total. The molecule has 2 aromatic rings. The molecule has 3 rings (SSSR count). The first-order valence-electron chi connectivity index (χ1n) is 7.44. The number of nitrogens with one attached hydrogen (secondary N) is 1. The Kier molecular flexibility index (Phi) is 4.31. The molecular weight excluding hydrogens is 248 g/mol. The van der Waals surface area contributed by atoms with Crippen LogP contribution >= 0.6 is 0 Å². The lowest BCUT2D eigenvalue weighted by atomic mass is 9.95. The molecule has 0 aliphatic carbocycles. The normalized spacial score (nSPS) is 20.4. The molecule has 0 aromatic heterocycles. The molecule has 2 unspecified atom stereocenters. The lowest BCUT2D eigenvalue weighted by Crippen LogP contribution is -2.29. The molecular formula is C17H22N2O. The standard InChI is InChI=1S/C17H22N2O/c18-19-17(11-10-14-7-4-12-20-14)16-9-3-6-13-5-1-2-8-15(13)16/h1-3,5-6,8-9,14,17,19H,4,7,10-12,18H2. The van der Waals surface area contributed by atoms with Crippen molar-refractivity contribution in [2.24, 2.45) is 5.84 Å². The number of benzene rings is 2. The Hall–Kier alpha value is -1.42. The molecule has 1 fully saturated rings. The molecule has 1 aliphatic rings. The average molecular weight is 270 g/mol. The van der Waals surface area contributed by atoms with Crippen molar-refractivity contribution >= 4 is 10.8 Å². The highest BCUT2D eigenvalue weighted by Gasteiger charge is 2.19. The molecule has 2 aromatic carbocycles. The molecule has 0 radical (unpaired) electrons. The van der Waals surface area contributed by atoms with E-state index in [0.717, 1.165) is 19.4 Å². The monoisotopic (exact) mass is 270 g/mol. The quantitative estimate of drug-likeness (QED) is 0.647. The molecule has 3 heteroatoms. The van der Waals surface area contributed by atoms with Gasteiger partial charge >= 0.3 is 0 Å². The molecule has 0 spiro atoms. The number of hydrogen-bond acceptors (Lipinski definition) is 3. The molecule has 2 atom stereocenters.